The molecule has 9 aromatic rings. The first-order chi connectivity index (χ1) is 19.8. The van der Waals surface area contributed by atoms with E-state index in [1.54, 1.807) is 0 Å². The predicted molar refractivity (Wildman–Crippen MR) is 174 cm³/mol. The normalized spacial score (nSPS) is 12.0. The summed E-state index contributed by atoms with van der Waals surface area (Å²) in [6, 6.07) is 53.9. The lowest BCUT2D eigenvalue weighted by atomic mass is 9.85. The molecule has 0 radical (unpaired) electrons. The van der Waals surface area contributed by atoms with Crippen LogP contribution in [-0.2, 0) is 0 Å². The van der Waals surface area contributed by atoms with Gasteiger partial charge in [-0.3, -0.25) is 0 Å². The molecule has 0 atom stereocenters. The lowest BCUT2D eigenvalue weighted by molar-refractivity contribution is 1.69. The molecular formula is C40H24. The van der Waals surface area contributed by atoms with E-state index < -0.39 is 0 Å². The highest BCUT2D eigenvalue weighted by atomic mass is 14.2. The average molecular weight is 505 g/mol. The van der Waals surface area contributed by atoms with Gasteiger partial charge in [-0.15, -0.1) is 0 Å². The van der Waals surface area contributed by atoms with Crippen LogP contribution in [0, 0.1) is 0 Å². The second-order valence-corrected chi connectivity index (χ2v) is 10.9. The zero-order chi connectivity index (χ0) is 26.2. The first-order valence-corrected chi connectivity index (χ1v) is 13.9. The first-order valence-electron chi connectivity index (χ1n) is 13.9. The molecule has 0 heterocycles. The molecule has 0 aromatic heterocycles. The molecule has 0 aliphatic heterocycles. The molecule has 40 heavy (non-hydrogen) atoms. The Morgan fingerprint density at radius 2 is 0.800 bits per heavy atom. The Balaban J connectivity index is 1.37. The number of hydrogen-bond donors (Lipinski definition) is 0. The second kappa shape index (κ2) is 8.15. The van der Waals surface area contributed by atoms with Crippen molar-refractivity contribution < 1.29 is 0 Å². The monoisotopic (exact) mass is 504 g/mol. The smallest absolute Gasteiger partial charge is 0.00203 e. The van der Waals surface area contributed by atoms with Crippen LogP contribution in [0.5, 0.6) is 0 Å². The Morgan fingerprint density at radius 3 is 1.57 bits per heavy atom. The molecule has 9 aromatic carbocycles. The van der Waals surface area contributed by atoms with Gasteiger partial charge in [0.1, 0.15) is 0 Å². The van der Waals surface area contributed by atoms with E-state index in [-0.39, 0.29) is 0 Å². The van der Waals surface area contributed by atoms with Crippen molar-refractivity contribution in [2.45, 2.75) is 0 Å². The van der Waals surface area contributed by atoms with Gasteiger partial charge >= 0.3 is 0 Å². The van der Waals surface area contributed by atoms with Crippen LogP contribution < -0.4 is 0 Å². The van der Waals surface area contributed by atoms with Crippen LogP contribution in [0.4, 0.5) is 0 Å². The van der Waals surface area contributed by atoms with Gasteiger partial charge in [-0.1, -0.05) is 133 Å². The molecule has 0 nitrogen and oxygen atoms in total. The summed E-state index contributed by atoms with van der Waals surface area (Å²) in [5, 5.41) is 15.6. The fraction of sp³-hybridized carbons (Fsp3) is 0. The van der Waals surface area contributed by atoms with E-state index in [4.69, 9.17) is 0 Å². The maximum Gasteiger partial charge on any atom is -0.00203 e. The van der Waals surface area contributed by atoms with Gasteiger partial charge in [0.05, 0.1) is 0 Å². The zero-order valence-corrected chi connectivity index (χ0v) is 21.9. The maximum absolute atomic E-state index is 2.38. The summed E-state index contributed by atoms with van der Waals surface area (Å²) in [5.74, 6) is 0. The highest BCUT2D eigenvalue weighted by molar-refractivity contribution is 6.28. The Hall–Kier alpha value is -5.20. The van der Waals surface area contributed by atoms with E-state index in [0.29, 0.717) is 0 Å². The third-order valence-electron chi connectivity index (χ3n) is 8.78. The van der Waals surface area contributed by atoms with Crippen LogP contribution in [0.15, 0.2) is 146 Å². The van der Waals surface area contributed by atoms with E-state index in [2.05, 4.69) is 146 Å². The standard InChI is InChI=1S/C40H24/c1-2-8-28-23-30(14-13-25(28)7-1)32-19-15-26-18-22-37-35(20-16-27-17-21-36(32)39(26)40(27)37)38-24-29-9-3-4-10-31(29)33-11-5-6-12-34(33)38/h1-24H. The maximum atomic E-state index is 2.38. The number of rotatable bonds is 2. The van der Waals surface area contributed by atoms with Gasteiger partial charge in [-0.2, -0.15) is 0 Å². The Labute approximate surface area is 232 Å². The van der Waals surface area contributed by atoms with Crippen molar-refractivity contribution in [3.63, 3.8) is 0 Å². The minimum absolute atomic E-state index is 1.26. The largest absolute Gasteiger partial charge is 0.0616 e. The first kappa shape index (κ1) is 21.7. The molecule has 0 bridgehead atoms. The van der Waals surface area contributed by atoms with Crippen molar-refractivity contribution in [3.8, 4) is 22.3 Å². The van der Waals surface area contributed by atoms with Gasteiger partial charge < -0.3 is 0 Å². The van der Waals surface area contributed by atoms with Gasteiger partial charge in [-0.25, -0.2) is 0 Å². The molecule has 0 spiro atoms. The minimum Gasteiger partial charge on any atom is -0.0616 e. The van der Waals surface area contributed by atoms with Crippen molar-refractivity contribution >= 4 is 64.6 Å². The van der Waals surface area contributed by atoms with Crippen molar-refractivity contribution in [2.75, 3.05) is 0 Å². The molecular weight excluding hydrogens is 480 g/mol. The van der Waals surface area contributed by atoms with Crippen LogP contribution in [0.3, 0.4) is 0 Å². The third kappa shape index (κ3) is 3.02. The third-order valence-corrected chi connectivity index (χ3v) is 8.78. The van der Waals surface area contributed by atoms with E-state index >= 15 is 0 Å². The summed E-state index contributed by atoms with van der Waals surface area (Å²) in [5.41, 5.74) is 5.13. The molecule has 0 amide bonds. The van der Waals surface area contributed by atoms with Gasteiger partial charge in [0.25, 0.3) is 0 Å². The van der Waals surface area contributed by atoms with E-state index in [9.17, 15) is 0 Å². The highest BCUT2D eigenvalue weighted by Gasteiger charge is 2.16. The van der Waals surface area contributed by atoms with Crippen molar-refractivity contribution in [1.29, 1.82) is 0 Å². The Bertz CT molecular complexity index is 2430. The summed E-state index contributed by atoms with van der Waals surface area (Å²) in [4.78, 5) is 0. The second-order valence-electron chi connectivity index (χ2n) is 10.9. The van der Waals surface area contributed by atoms with E-state index in [0.717, 1.165) is 0 Å². The molecule has 0 fully saturated rings. The summed E-state index contributed by atoms with van der Waals surface area (Å²) >= 11 is 0. The van der Waals surface area contributed by atoms with Crippen LogP contribution in [0.1, 0.15) is 0 Å². The molecule has 0 aliphatic carbocycles. The van der Waals surface area contributed by atoms with Crippen LogP contribution in [0.2, 0.25) is 0 Å². The molecule has 0 N–H and O–H groups in total. The SMILES string of the molecule is c1ccc2cc(-c3ccc4ccc5c(-c6cc7ccccc7c7ccccc67)ccc6ccc3c4c65)ccc2c1. The zero-order valence-electron chi connectivity index (χ0n) is 21.9. The predicted octanol–water partition coefficient (Wildman–Crippen LogP) is 11.4. The molecule has 184 valence electrons. The molecule has 0 saturated carbocycles. The Morgan fingerprint density at radius 1 is 0.250 bits per heavy atom. The summed E-state index contributed by atoms with van der Waals surface area (Å²) in [6.45, 7) is 0. The van der Waals surface area contributed by atoms with E-state index in [1.165, 1.54) is 86.9 Å². The number of hydrogen-bond acceptors (Lipinski definition) is 0. The van der Waals surface area contributed by atoms with Crippen LogP contribution in [-0.4, -0.2) is 0 Å². The average Bonchev–Trinajstić information content (AvgIpc) is 3.03. The quantitative estimate of drug-likeness (QED) is 0.205. The molecule has 0 heteroatoms. The molecule has 0 saturated heterocycles. The van der Waals surface area contributed by atoms with Crippen molar-refractivity contribution in [2.24, 2.45) is 0 Å². The van der Waals surface area contributed by atoms with Crippen molar-refractivity contribution in [1.82, 2.24) is 0 Å². The van der Waals surface area contributed by atoms with Gasteiger partial charge in [-0.05, 0) is 99.0 Å². The van der Waals surface area contributed by atoms with Crippen LogP contribution in [0.25, 0.3) is 86.9 Å². The summed E-state index contributed by atoms with van der Waals surface area (Å²) in [7, 11) is 0. The summed E-state index contributed by atoms with van der Waals surface area (Å²) < 4.78 is 0. The summed E-state index contributed by atoms with van der Waals surface area (Å²) in [6.07, 6.45) is 0. The lowest BCUT2D eigenvalue weighted by Gasteiger charge is -2.18. The fourth-order valence-electron chi connectivity index (χ4n) is 6.92. The van der Waals surface area contributed by atoms with Gasteiger partial charge in [0, 0.05) is 0 Å². The topological polar surface area (TPSA) is 0 Å². The van der Waals surface area contributed by atoms with Gasteiger partial charge in [0.15, 0.2) is 0 Å². The lowest BCUT2D eigenvalue weighted by Crippen LogP contribution is -1.90. The van der Waals surface area contributed by atoms with Crippen molar-refractivity contribution in [3.05, 3.63) is 146 Å². The van der Waals surface area contributed by atoms with E-state index in [1.807, 2.05) is 0 Å². The fourth-order valence-corrected chi connectivity index (χ4v) is 6.92. The molecule has 0 aliphatic rings. The minimum atomic E-state index is 1.26. The highest BCUT2D eigenvalue weighted by Crippen LogP contribution is 2.44. The number of fused-ring (bicyclic) bond motifs is 4. The number of benzene rings is 9. The van der Waals surface area contributed by atoms with Gasteiger partial charge in [0.2, 0.25) is 0 Å². The molecule has 0 unspecified atom stereocenters. The Kier molecular flexibility index (Phi) is 4.42. The molecule has 9 rings (SSSR count). The van der Waals surface area contributed by atoms with Crippen LogP contribution >= 0.6 is 0 Å².